The number of nitrogens with one attached hydrogen (secondary N) is 3. The summed E-state index contributed by atoms with van der Waals surface area (Å²) in [6, 6.07) is 8.57. The summed E-state index contributed by atoms with van der Waals surface area (Å²) < 4.78 is 0. The normalized spacial score (nSPS) is 19.9. The van der Waals surface area contributed by atoms with Gasteiger partial charge in [-0.3, -0.25) is 14.6 Å². The van der Waals surface area contributed by atoms with Gasteiger partial charge in [0.2, 0.25) is 11.8 Å². The Kier molecular flexibility index (Phi) is 10.7. The van der Waals surface area contributed by atoms with Crippen LogP contribution in [0.3, 0.4) is 0 Å². The van der Waals surface area contributed by atoms with E-state index < -0.39 is 6.04 Å². The number of nitrogens with two attached hydrogens (primary N) is 2. The molecule has 176 valence electrons. The number of hydrogen-bond acceptors (Lipinski definition) is 5. The molecule has 2 rings (SSSR count). The van der Waals surface area contributed by atoms with Crippen molar-refractivity contribution >= 4 is 24.1 Å². The number of hydrogen-bond donors (Lipinski definition) is 5. The molecule has 9 heteroatoms. The van der Waals surface area contributed by atoms with Crippen LogP contribution < -0.4 is 27.4 Å². The highest BCUT2D eigenvalue weighted by Gasteiger charge is 2.34. The summed E-state index contributed by atoms with van der Waals surface area (Å²) in [5.41, 5.74) is 11.7. The topological polar surface area (TPSA) is 152 Å². The van der Waals surface area contributed by atoms with Gasteiger partial charge in [0.05, 0.1) is 18.0 Å². The lowest BCUT2D eigenvalue weighted by Gasteiger charge is -2.33. The number of nitrogens with zero attached hydrogens (tertiary/aromatic N) is 1. The van der Waals surface area contributed by atoms with Gasteiger partial charge in [-0.15, -0.1) is 0 Å². The molecule has 4 atom stereocenters. The smallest absolute Gasteiger partial charge is 0.237 e. The van der Waals surface area contributed by atoms with Gasteiger partial charge in [0.25, 0.3) is 0 Å². The van der Waals surface area contributed by atoms with E-state index in [2.05, 4.69) is 20.9 Å². The van der Waals surface area contributed by atoms with Crippen LogP contribution in [0, 0.1) is 5.92 Å². The summed E-state index contributed by atoms with van der Waals surface area (Å²) in [5.74, 6) is -0.671. The van der Waals surface area contributed by atoms with Gasteiger partial charge in [-0.2, -0.15) is 0 Å². The van der Waals surface area contributed by atoms with Gasteiger partial charge in [0, 0.05) is 12.6 Å². The first-order valence-electron chi connectivity index (χ1n) is 11.3. The number of carbonyl (C=O) groups is 3. The monoisotopic (exact) mass is 444 g/mol. The molecule has 1 aliphatic rings. The number of likely N-dealkylation sites (N-methyl/N-ethyl adjacent to an activating group) is 1. The lowest BCUT2D eigenvalue weighted by molar-refractivity contribution is -0.131. The molecule has 0 saturated heterocycles. The summed E-state index contributed by atoms with van der Waals surface area (Å²) in [6.07, 6.45) is 5.62. The first-order valence-corrected chi connectivity index (χ1v) is 11.3. The van der Waals surface area contributed by atoms with E-state index >= 15 is 0 Å². The molecule has 7 N–H and O–H groups in total. The van der Waals surface area contributed by atoms with E-state index in [1.54, 1.807) is 7.05 Å². The summed E-state index contributed by atoms with van der Waals surface area (Å²) in [7, 11) is 1.76. The van der Waals surface area contributed by atoms with Crippen molar-refractivity contribution in [3.63, 3.8) is 0 Å². The molecule has 1 aromatic carbocycles. The Morgan fingerprint density at radius 1 is 1.19 bits per heavy atom. The van der Waals surface area contributed by atoms with E-state index in [1.807, 2.05) is 30.3 Å². The standard InChI is InChI=1S/C23H36N6O3/c1-26-20(14-16-8-3-2-4-9-16)22(32)29-19-12-6-5-11-18(19)21(31)28-17(15-30)10-7-13-27-23(24)25/h2-4,8-9,15,17-20,26H,5-7,10-14H2,1H3,(H,28,31)(H,29,32)(H4,24,25,27)/t17-,18+,19+,20?/m1/s1. The summed E-state index contributed by atoms with van der Waals surface area (Å²) in [6.45, 7) is 0.400. The zero-order chi connectivity index (χ0) is 23.3. The Morgan fingerprint density at radius 3 is 2.56 bits per heavy atom. The van der Waals surface area contributed by atoms with E-state index in [-0.39, 0.29) is 35.8 Å². The van der Waals surface area contributed by atoms with E-state index in [0.717, 1.165) is 31.1 Å². The molecule has 32 heavy (non-hydrogen) atoms. The molecular formula is C23H36N6O3. The van der Waals surface area contributed by atoms with Gasteiger partial charge in [-0.05, 0) is 44.7 Å². The zero-order valence-electron chi connectivity index (χ0n) is 18.8. The van der Waals surface area contributed by atoms with Gasteiger partial charge in [0.15, 0.2) is 5.96 Å². The predicted molar refractivity (Wildman–Crippen MR) is 125 cm³/mol. The molecule has 0 spiro atoms. The molecule has 0 radical (unpaired) electrons. The first kappa shape index (κ1) is 25.3. The van der Waals surface area contributed by atoms with Crippen LogP contribution in [0.1, 0.15) is 44.1 Å². The molecule has 1 aliphatic carbocycles. The van der Waals surface area contributed by atoms with Gasteiger partial charge in [-0.25, -0.2) is 0 Å². The highest BCUT2D eigenvalue weighted by Crippen LogP contribution is 2.25. The van der Waals surface area contributed by atoms with Crippen LogP contribution in [0.2, 0.25) is 0 Å². The Labute approximate surface area is 189 Å². The molecule has 1 fully saturated rings. The molecule has 0 aliphatic heterocycles. The van der Waals surface area contributed by atoms with Crippen molar-refractivity contribution in [2.75, 3.05) is 13.6 Å². The molecular weight excluding hydrogens is 408 g/mol. The highest BCUT2D eigenvalue weighted by molar-refractivity contribution is 5.85. The van der Waals surface area contributed by atoms with Gasteiger partial charge in [-0.1, -0.05) is 43.2 Å². The fraction of sp³-hybridized carbons (Fsp3) is 0.565. The van der Waals surface area contributed by atoms with E-state index in [0.29, 0.717) is 32.2 Å². The molecule has 1 unspecified atom stereocenters. The second kappa shape index (κ2) is 13.5. The molecule has 1 saturated carbocycles. The van der Waals surface area contributed by atoms with Crippen molar-refractivity contribution in [2.45, 2.75) is 63.1 Å². The minimum atomic E-state index is -0.599. The van der Waals surface area contributed by atoms with Crippen molar-refractivity contribution in [1.29, 1.82) is 0 Å². The zero-order valence-corrected chi connectivity index (χ0v) is 18.8. The van der Waals surface area contributed by atoms with Gasteiger partial charge >= 0.3 is 0 Å². The largest absolute Gasteiger partial charge is 0.370 e. The summed E-state index contributed by atoms with van der Waals surface area (Å²) in [5, 5.41) is 8.98. The molecule has 0 heterocycles. The second-order valence-corrected chi connectivity index (χ2v) is 8.24. The predicted octanol–water partition coefficient (Wildman–Crippen LogP) is 0.229. The Bertz CT molecular complexity index is 766. The third-order valence-electron chi connectivity index (χ3n) is 5.84. The Hall–Kier alpha value is -2.94. The van der Waals surface area contributed by atoms with Crippen molar-refractivity contribution in [1.82, 2.24) is 16.0 Å². The van der Waals surface area contributed by atoms with Gasteiger partial charge < -0.3 is 32.2 Å². The fourth-order valence-corrected chi connectivity index (χ4v) is 4.06. The van der Waals surface area contributed by atoms with Crippen LogP contribution in [-0.4, -0.2) is 55.8 Å². The third kappa shape index (κ3) is 8.30. The number of guanidine groups is 1. The maximum atomic E-state index is 12.9. The first-order chi connectivity index (χ1) is 15.4. The second-order valence-electron chi connectivity index (χ2n) is 8.24. The summed E-state index contributed by atoms with van der Waals surface area (Å²) >= 11 is 0. The summed E-state index contributed by atoms with van der Waals surface area (Å²) in [4.78, 5) is 41.2. The number of benzene rings is 1. The molecule has 0 bridgehead atoms. The molecule has 2 amide bonds. The third-order valence-corrected chi connectivity index (χ3v) is 5.84. The SMILES string of the molecule is CNC(Cc1ccccc1)C(=O)N[C@H]1CCCC[C@@H]1C(=O)N[C@@H](C=O)CCCN=C(N)N. The minimum Gasteiger partial charge on any atom is -0.370 e. The van der Waals surface area contributed by atoms with Crippen molar-refractivity contribution in [3.8, 4) is 0 Å². The highest BCUT2D eigenvalue weighted by atomic mass is 16.2. The number of carbonyl (C=O) groups excluding carboxylic acids is 3. The average molecular weight is 445 g/mol. The number of aliphatic imine (C=N–C) groups is 1. The number of rotatable bonds is 12. The average Bonchev–Trinajstić information content (AvgIpc) is 2.80. The maximum Gasteiger partial charge on any atom is 0.237 e. The van der Waals surface area contributed by atoms with Crippen LogP contribution in [0.25, 0.3) is 0 Å². The Balaban J connectivity index is 1.93. The van der Waals surface area contributed by atoms with E-state index in [4.69, 9.17) is 11.5 Å². The fourth-order valence-electron chi connectivity index (χ4n) is 4.06. The van der Waals surface area contributed by atoms with Crippen LogP contribution in [-0.2, 0) is 20.8 Å². The van der Waals surface area contributed by atoms with Crippen LogP contribution >= 0.6 is 0 Å². The molecule has 1 aromatic rings. The van der Waals surface area contributed by atoms with E-state index in [1.165, 1.54) is 0 Å². The van der Waals surface area contributed by atoms with Crippen molar-refractivity contribution < 1.29 is 14.4 Å². The molecule has 0 aromatic heterocycles. The van der Waals surface area contributed by atoms with Crippen molar-refractivity contribution in [3.05, 3.63) is 35.9 Å². The number of amides is 2. The quantitative estimate of drug-likeness (QED) is 0.135. The van der Waals surface area contributed by atoms with E-state index in [9.17, 15) is 14.4 Å². The van der Waals surface area contributed by atoms with Gasteiger partial charge in [0.1, 0.15) is 6.29 Å². The van der Waals surface area contributed by atoms with Crippen LogP contribution in [0.4, 0.5) is 0 Å². The molecule has 9 nitrogen and oxygen atoms in total. The maximum absolute atomic E-state index is 12.9. The minimum absolute atomic E-state index is 0.00427. The lowest BCUT2D eigenvalue weighted by atomic mass is 9.83. The van der Waals surface area contributed by atoms with Crippen LogP contribution in [0.15, 0.2) is 35.3 Å². The van der Waals surface area contributed by atoms with Crippen molar-refractivity contribution in [2.24, 2.45) is 22.4 Å². The Morgan fingerprint density at radius 2 is 1.91 bits per heavy atom. The van der Waals surface area contributed by atoms with Crippen LogP contribution in [0.5, 0.6) is 0 Å². The number of aldehydes is 1. The lowest BCUT2D eigenvalue weighted by Crippen LogP contribution is -2.54.